The molecule has 2 fully saturated rings. The molecule has 0 aliphatic carbocycles. The fourth-order valence-electron chi connectivity index (χ4n) is 7.44. The van der Waals surface area contributed by atoms with Crippen LogP contribution in [0.25, 0.3) is 10.8 Å². The quantitative estimate of drug-likeness (QED) is 0.200. The maximum absolute atomic E-state index is 13.3. The number of piperazine rings is 1. The molecular weight excluding hydrogens is 699 g/mol. The average molecular weight is 748 g/mol. The molecule has 13 heteroatoms. The molecule has 0 radical (unpaired) electrons. The first kappa shape index (κ1) is 37.7. The number of carbonyl (C=O) groups is 2. The molecule has 3 aliphatic heterocycles. The van der Waals surface area contributed by atoms with Crippen LogP contribution in [-0.4, -0.2) is 102 Å². The van der Waals surface area contributed by atoms with Gasteiger partial charge in [-0.1, -0.05) is 66.7 Å². The zero-order valence-corrected chi connectivity index (χ0v) is 32.0. The van der Waals surface area contributed by atoms with Crippen LogP contribution in [0.15, 0.2) is 72.8 Å². The topological polar surface area (TPSA) is 134 Å². The van der Waals surface area contributed by atoms with Crippen LogP contribution in [0, 0.1) is 11.3 Å². The van der Waals surface area contributed by atoms with E-state index in [0.717, 1.165) is 34.9 Å². The molecule has 2 saturated heterocycles. The molecule has 3 aromatic carbocycles. The number of rotatable bonds is 8. The molecule has 55 heavy (non-hydrogen) atoms. The van der Waals surface area contributed by atoms with Gasteiger partial charge in [0.1, 0.15) is 30.7 Å². The molecule has 13 nitrogen and oxygen atoms in total. The second-order valence-electron chi connectivity index (χ2n) is 15.4. The highest BCUT2D eigenvalue weighted by molar-refractivity contribution is 5.94. The van der Waals surface area contributed by atoms with Gasteiger partial charge in [-0.05, 0) is 51.1 Å². The number of nitrogens with zero attached hydrogens (tertiary/aromatic N) is 7. The van der Waals surface area contributed by atoms with Gasteiger partial charge in [0.2, 0.25) is 0 Å². The zero-order chi connectivity index (χ0) is 38.5. The predicted molar refractivity (Wildman–Crippen MR) is 208 cm³/mol. The summed E-state index contributed by atoms with van der Waals surface area (Å²) >= 11 is 0. The smallest absolute Gasteiger partial charge is 0.410 e. The maximum Gasteiger partial charge on any atom is 0.410 e. The summed E-state index contributed by atoms with van der Waals surface area (Å²) in [6, 6.07) is 26.2. The lowest BCUT2D eigenvalue weighted by Gasteiger charge is -2.42. The Hall–Kier alpha value is -5.61. The van der Waals surface area contributed by atoms with Crippen molar-refractivity contribution in [3.63, 3.8) is 0 Å². The molecule has 0 N–H and O–H groups in total. The minimum absolute atomic E-state index is 0.134. The molecule has 3 aliphatic rings. The summed E-state index contributed by atoms with van der Waals surface area (Å²) in [5.74, 6) is 0.742. The summed E-state index contributed by atoms with van der Waals surface area (Å²) in [4.78, 5) is 44.1. The van der Waals surface area contributed by atoms with E-state index >= 15 is 0 Å². The molecule has 4 heterocycles. The fourth-order valence-corrected chi connectivity index (χ4v) is 7.44. The Kier molecular flexibility index (Phi) is 11.2. The van der Waals surface area contributed by atoms with E-state index in [1.54, 1.807) is 9.80 Å². The van der Waals surface area contributed by atoms with Crippen molar-refractivity contribution < 1.29 is 28.5 Å². The van der Waals surface area contributed by atoms with E-state index in [1.165, 1.54) is 10.8 Å². The van der Waals surface area contributed by atoms with Gasteiger partial charge in [-0.2, -0.15) is 15.2 Å². The molecule has 1 aromatic heterocycles. The van der Waals surface area contributed by atoms with Crippen LogP contribution < -0.4 is 14.5 Å². The third kappa shape index (κ3) is 8.86. The van der Waals surface area contributed by atoms with Crippen LogP contribution in [0.4, 0.5) is 21.1 Å². The van der Waals surface area contributed by atoms with Gasteiger partial charge < -0.3 is 38.5 Å². The Morgan fingerprint density at radius 3 is 2.49 bits per heavy atom. The standard InChI is InChI=1S/C42H49N7O6/c1-29-26-52-33(24-49(29)41(51)55-42(2,3)4)28-53-39-44-36-25-46(37-16-10-14-31-13-8-9-15-34(31)37)20-18-35(36)38(45-39)47-21-22-48(32(23-47)17-19-43)40(50)54-27-30-11-6-5-7-12-30/h5-16,29,32-33H,17-18,20-28H2,1-4H3/t29-,32?,33-/m1/s1. The van der Waals surface area contributed by atoms with Crippen LogP contribution in [0.1, 0.15) is 50.9 Å². The highest BCUT2D eigenvalue weighted by Gasteiger charge is 2.36. The number of amides is 2. The normalized spacial score (nSPS) is 20.1. The van der Waals surface area contributed by atoms with Crippen LogP contribution in [0.2, 0.25) is 0 Å². The molecular formula is C42H49N7O6. The summed E-state index contributed by atoms with van der Waals surface area (Å²) in [6.45, 7) is 11.0. The number of benzene rings is 3. The molecule has 7 rings (SSSR count). The van der Waals surface area contributed by atoms with Gasteiger partial charge in [-0.25, -0.2) is 9.59 Å². The number of anilines is 2. The van der Waals surface area contributed by atoms with E-state index in [2.05, 4.69) is 52.3 Å². The average Bonchev–Trinajstić information content (AvgIpc) is 3.18. The molecule has 2 amide bonds. The van der Waals surface area contributed by atoms with Gasteiger partial charge in [-0.15, -0.1) is 0 Å². The lowest BCUT2D eigenvalue weighted by molar-refractivity contribution is -0.0782. The second kappa shape index (κ2) is 16.4. The minimum Gasteiger partial charge on any atom is -0.461 e. The number of fused-ring (bicyclic) bond motifs is 2. The van der Waals surface area contributed by atoms with Crippen LogP contribution in [0.3, 0.4) is 0 Å². The molecule has 1 unspecified atom stereocenters. The van der Waals surface area contributed by atoms with Gasteiger partial charge in [0.05, 0.1) is 50.0 Å². The first-order valence-electron chi connectivity index (χ1n) is 19.0. The van der Waals surface area contributed by atoms with Crippen molar-refractivity contribution in [3.05, 3.63) is 89.6 Å². The highest BCUT2D eigenvalue weighted by atomic mass is 16.6. The SMILES string of the molecule is C[C@@H]1CO[C@@H](COc2nc3c(c(N4CCN(C(=O)OCc5ccccc5)C(CC#N)C4)n2)CCN(c2cccc4ccccc24)C3)CN1C(=O)OC(C)(C)C. The molecule has 3 atom stereocenters. The van der Waals surface area contributed by atoms with Crippen molar-refractivity contribution in [1.29, 1.82) is 5.26 Å². The third-order valence-electron chi connectivity index (χ3n) is 10.2. The fraction of sp³-hybridized carbons (Fsp3) is 0.452. The number of hydrogen-bond acceptors (Lipinski definition) is 11. The third-order valence-corrected chi connectivity index (χ3v) is 10.2. The van der Waals surface area contributed by atoms with Crippen LogP contribution >= 0.6 is 0 Å². The van der Waals surface area contributed by atoms with Gasteiger partial charge in [0.15, 0.2) is 0 Å². The number of carbonyl (C=O) groups excluding carboxylic acids is 2. The van der Waals surface area contributed by atoms with Gasteiger partial charge >= 0.3 is 18.2 Å². The number of nitriles is 1. The summed E-state index contributed by atoms with van der Waals surface area (Å²) in [7, 11) is 0. The molecule has 0 saturated carbocycles. The summed E-state index contributed by atoms with van der Waals surface area (Å²) in [5, 5.41) is 12.2. The molecule has 4 aromatic rings. The summed E-state index contributed by atoms with van der Waals surface area (Å²) in [6.07, 6.45) is -0.391. The Bertz CT molecular complexity index is 2030. The van der Waals surface area contributed by atoms with E-state index in [1.807, 2.05) is 64.1 Å². The first-order valence-corrected chi connectivity index (χ1v) is 19.0. The van der Waals surface area contributed by atoms with Gasteiger partial charge in [0.25, 0.3) is 0 Å². The van der Waals surface area contributed by atoms with Gasteiger partial charge in [0, 0.05) is 42.8 Å². The van der Waals surface area contributed by atoms with Gasteiger partial charge in [-0.3, -0.25) is 0 Å². The number of ether oxygens (including phenoxy) is 4. The summed E-state index contributed by atoms with van der Waals surface area (Å²) < 4.78 is 23.8. The largest absolute Gasteiger partial charge is 0.461 e. The lowest BCUT2D eigenvalue weighted by atomic mass is 10.0. The van der Waals surface area contributed by atoms with Crippen molar-refractivity contribution in [2.24, 2.45) is 0 Å². The van der Waals surface area contributed by atoms with Crippen molar-refractivity contribution in [1.82, 2.24) is 19.8 Å². The van der Waals surface area contributed by atoms with E-state index in [9.17, 15) is 14.9 Å². The molecule has 0 spiro atoms. The highest BCUT2D eigenvalue weighted by Crippen LogP contribution is 2.35. The first-order chi connectivity index (χ1) is 26.6. The maximum atomic E-state index is 13.3. The Morgan fingerprint density at radius 1 is 0.909 bits per heavy atom. The summed E-state index contributed by atoms with van der Waals surface area (Å²) in [5.41, 5.74) is 3.30. The second-order valence-corrected chi connectivity index (χ2v) is 15.4. The van der Waals surface area contributed by atoms with E-state index in [4.69, 9.17) is 28.9 Å². The monoisotopic (exact) mass is 747 g/mol. The van der Waals surface area contributed by atoms with Crippen molar-refractivity contribution in [3.8, 4) is 12.1 Å². The molecule has 0 bridgehead atoms. The predicted octanol–water partition coefficient (Wildman–Crippen LogP) is 6.34. The number of hydrogen-bond donors (Lipinski definition) is 0. The Balaban J connectivity index is 1.13. The zero-order valence-electron chi connectivity index (χ0n) is 32.0. The van der Waals surface area contributed by atoms with E-state index < -0.39 is 23.8 Å². The van der Waals surface area contributed by atoms with Crippen molar-refractivity contribution in [2.45, 2.75) is 77.5 Å². The molecule has 288 valence electrons. The lowest BCUT2D eigenvalue weighted by Crippen LogP contribution is -2.56. The Labute approximate surface area is 322 Å². The van der Waals surface area contributed by atoms with E-state index in [-0.39, 0.29) is 37.8 Å². The van der Waals surface area contributed by atoms with E-state index in [0.29, 0.717) is 45.8 Å². The van der Waals surface area contributed by atoms with Crippen LogP contribution in [0.5, 0.6) is 6.01 Å². The minimum atomic E-state index is -0.616. The van der Waals surface area contributed by atoms with Crippen molar-refractivity contribution in [2.75, 3.05) is 55.7 Å². The Morgan fingerprint density at radius 2 is 1.69 bits per heavy atom. The number of morpholine rings is 1. The van der Waals surface area contributed by atoms with Crippen molar-refractivity contribution >= 4 is 34.5 Å². The number of aromatic nitrogens is 2. The van der Waals surface area contributed by atoms with Crippen LogP contribution in [-0.2, 0) is 33.8 Å².